The first kappa shape index (κ1) is 17.7. The molecular formula is C23H26N2O2. The van der Waals surface area contributed by atoms with Gasteiger partial charge in [-0.05, 0) is 61.7 Å². The minimum atomic E-state index is -0.794. The van der Waals surface area contributed by atoms with Crippen molar-refractivity contribution in [3.8, 4) is 0 Å². The van der Waals surface area contributed by atoms with Crippen LogP contribution < -0.4 is 9.80 Å². The summed E-state index contributed by atoms with van der Waals surface area (Å²) in [5.41, 5.74) is 4.54. The number of allylic oxidation sites excluding steroid dienone is 1. The normalized spacial score (nSPS) is 23.1. The highest BCUT2D eigenvalue weighted by atomic mass is 16.6. The molecule has 0 aliphatic carbocycles. The van der Waals surface area contributed by atoms with Crippen molar-refractivity contribution >= 4 is 22.9 Å². The van der Waals surface area contributed by atoms with Crippen LogP contribution >= 0.6 is 0 Å². The molecule has 0 spiro atoms. The lowest BCUT2D eigenvalue weighted by Crippen LogP contribution is -2.51. The second kappa shape index (κ2) is 5.88. The highest BCUT2D eigenvalue weighted by Gasteiger charge is 2.62. The predicted octanol–water partition coefficient (Wildman–Crippen LogP) is 4.21. The quantitative estimate of drug-likeness (QED) is 0.766. The molecular weight excluding hydrogens is 336 g/mol. The highest BCUT2D eigenvalue weighted by Crippen LogP contribution is 2.55. The summed E-state index contributed by atoms with van der Waals surface area (Å²) >= 11 is 0. The van der Waals surface area contributed by atoms with E-state index >= 15 is 0 Å². The fraction of sp³-hybridized carbons (Fsp3) is 0.348. The minimum Gasteiger partial charge on any atom is -0.433 e. The third-order valence-electron chi connectivity index (χ3n) is 5.97. The number of rotatable bonds is 3. The van der Waals surface area contributed by atoms with E-state index in [0.29, 0.717) is 0 Å². The van der Waals surface area contributed by atoms with Gasteiger partial charge in [0.15, 0.2) is 0 Å². The number of esters is 1. The van der Waals surface area contributed by atoms with Crippen molar-refractivity contribution in [2.45, 2.75) is 31.9 Å². The zero-order valence-electron chi connectivity index (χ0n) is 16.6. The fourth-order valence-electron chi connectivity index (χ4n) is 4.35. The maximum atomic E-state index is 12.3. The van der Waals surface area contributed by atoms with Crippen molar-refractivity contribution in [1.29, 1.82) is 0 Å². The lowest BCUT2D eigenvalue weighted by Gasteiger charge is -2.39. The summed E-state index contributed by atoms with van der Waals surface area (Å²) in [7, 11) is 4.07. The van der Waals surface area contributed by atoms with Crippen molar-refractivity contribution in [3.63, 3.8) is 0 Å². The van der Waals surface area contributed by atoms with Crippen LogP contribution in [0.5, 0.6) is 0 Å². The van der Waals surface area contributed by atoms with E-state index in [9.17, 15) is 4.79 Å². The van der Waals surface area contributed by atoms with Crippen LogP contribution in [0.25, 0.3) is 5.57 Å². The van der Waals surface area contributed by atoms with Crippen molar-refractivity contribution < 1.29 is 9.53 Å². The average Bonchev–Trinajstić information content (AvgIpc) is 3.06. The number of para-hydroxylation sites is 1. The zero-order valence-corrected chi connectivity index (χ0v) is 16.6. The Labute approximate surface area is 161 Å². The monoisotopic (exact) mass is 362 g/mol. The summed E-state index contributed by atoms with van der Waals surface area (Å²) in [5, 5.41) is 0. The first-order chi connectivity index (χ1) is 12.8. The van der Waals surface area contributed by atoms with E-state index in [1.165, 1.54) is 5.56 Å². The molecule has 0 radical (unpaired) electrons. The molecule has 0 aromatic heterocycles. The molecule has 140 valence electrons. The van der Waals surface area contributed by atoms with Crippen molar-refractivity contribution in [2.24, 2.45) is 0 Å². The summed E-state index contributed by atoms with van der Waals surface area (Å²) in [6.07, 6.45) is 2.13. The third-order valence-corrected chi connectivity index (χ3v) is 5.97. The molecule has 0 N–H and O–H groups in total. The SMILES string of the molecule is CC(=CC12OC(=O)CN1c1ccccc1C2(C)C)c1ccc(N(C)C)cc1. The van der Waals surface area contributed by atoms with Crippen molar-refractivity contribution in [3.05, 3.63) is 65.7 Å². The van der Waals surface area contributed by atoms with E-state index in [1.807, 2.05) is 20.2 Å². The molecule has 1 atom stereocenters. The molecule has 0 bridgehead atoms. The Bertz CT molecular complexity index is 928. The van der Waals surface area contributed by atoms with Gasteiger partial charge in [-0.25, -0.2) is 0 Å². The van der Waals surface area contributed by atoms with Crippen LogP contribution in [0.2, 0.25) is 0 Å². The van der Waals surface area contributed by atoms with Crippen LogP contribution in [0.15, 0.2) is 54.6 Å². The van der Waals surface area contributed by atoms with Crippen LogP contribution in [0, 0.1) is 0 Å². The highest BCUT2D eigenvalue weighted by molar-refractivity contribution is 5.87. The van der Waals surface area contributed by atoms with Crippen LogP contribution in [0.1, 0.15) is 31.9 Å². The Morgan fingerprint density at radius 3 is 2.44 bits per heavy atom. The second-order valence-corrected chi connectivity index (χ2v) is 8.17. The zero-order chi connectivity index (χ0) is 19.4. The molecule has 4 heteroatoms. The molecule has 1 saturated heterocycles. The topological polar surface area (TPSA) is 32.8 Å². The number of carbonyl (C=O) groups excluding carboxylic acids is 1. The van der Waals surface area contributed by atoms with E-state index in [4.69, 9.17) is 4.74 Å². The number of anilines is 2. The summed E-state index contributed by atoms with van der Waals surface area (Å²) in [5.74, 6) is -0.176. The van der Waals surface area contributed by atoms with E-state index < -0.39 is 5.72 Å². The van der Waals surface area contributed by atoms with Gasteiger partial charge in [-0.2, -0.15) is 0 Å². The van der Waals surface area contributed by atoms with E-state index in [0.717, 1.165) is 22.5 Å². The van der Waals surface area contributed by atoms with Gasteiger partial charge in [0.25, 0.3) is 0 Å². The van der Waals surface area contributed by atoms with Crippen LogP contribution in [-0.4, -0.2) is 32.3 Å². The summed E-state index contributed by atoms with van der Waals surface area (Å²) in [6, 6.07) is 16.7. The average molecular weight is 362 g/mol. The van der Waals surface area contributed by atoms with Crippen LogP contribution in [0.3, 0.4) is 0 Å². The van der Waals surface area contributed by atoms with Gasteiger partial charge in [-0.3, -0.25) is 4.79 Å². The van der Waals surface area contributed by atoms with Gasteiger partial charge in [0.2, 0.25) is 5.72 Å². The maximum Gasteiger partial charge on any atom is 0.328 e. The van der Waals surface area contributed by atoms with Gasteiger partial charge in [0.1, 0.15) is 6.54 Å². The molecule has 27 heavy (non-hydrogen) atoms. The largest absolute Gasteiger partial charge is 0.433 e. The first-order valence-corrected chi connectivity index (χ1v) is 9.32. The summed E-state index contributed by atoms with van der Waals surface area (Å²) < 4.78 is 6.03. The summed E-state index contributed by atoms with van der Waals surface area (Å²) in [6.45, 7) is 6.68. The van der Waals surface area contributed by atoms with Crippen molar-refractivity contribution in [1.82, 2.24) is 0 Å². The number of fused-ring (bicyclic) bond motifs is 3. The number of hydrogen-bond acceptors (Lipinski definition) is 4. The maximum absolute atomic E-state index is 12.3. The number of ether oxygens (including phenoxy) is 1. The van der Waals surface area contributed by atoms with E-state index in [-0.39, 0.29) is 17.9 Å². The van der Waals surface area contributed by atoms with Crippen LogP contribution in [-0.2, 0) is 14.9 Å². The second-order valence-electron chi connectivity index (χ2n) is 8.17. The fourth-order valence-corrected chi connectivity index (χ4v) is 4.35. The number of nitrogens with zero attached hydrogens (tertiary/aromatic N) is 2. The van der Waals surface area contributed by atoms with Gasteiger partial charge in [-0.15, -0.1) is 0 Å². The minimum absolute atomic E-state index is 0.176. The molecule has 1 fully saturated rings. The Kier molecular flexibility index (Phi) is 3.84. The molecule has 2 aliphatic rings. The van der Waals surface area contributed by atoms with Gasteiger partial charge in [0.05, 0.1) is 5.41 Å². The molecule has 2 aromatic rings. The summed E-state index contributed by atoms with van der Waals surface area (Å²) in [4.78, 5) is 16.5. The van der Waals surface area contributed by atoms with Gasteiger partial charge in [-0.1, -0.05) is 30.3 Å². The number of benzene rings is 2. The Balaban J connectivity index is 1.81. The smallest absolute Gasteiger partial charge is 0.328 e. The lowest BCUT2D eigenvalue weighted by atomic mass is 9.76. The van der Waals surface area contributed by atoms with E-state index in [1.54, 1.807) is 0 Å². The Hall–Kier alpha value is -2.75. The Morgan fingerprint density at radius 2 is 1.78 bits per heavy atom. The molecule has 0 saturated carbocycles. The third kappa shape index (κ3) is 2.47. The standard InChI is InChI=1S/C23H26N2O2/c1-16(17-10-12-18(13-11-17)24(4)5)14-23-22(2,3)19-8-6-7-9-20(19)25(23)15-21(26)27-23/h6-14H,15H2,1-5H3. The first-order valence-electron chi connectivity index (χ1n) is 9.32. The molecule has 4 rings (SSSR count). The van der Waals surface area contributed by atoms with Gasteiger partial charge >= 0.3 is 5.97 Å². The molecule has 4 nitrogen and oxygen atoms in total. The predicted molar refractivity (Wildman–Crippen MR) is 110 cm³/mol. The lowest BCUT2D eigenvalue weighted by molar-refractivity contribution is -0.147. The van der Waals surface area contributed by atoms with Gasteiger partial charge in [0, 0.05) is 25.5 Å². The molecule has 2 heterocycles. The molecule has 2 aliphatic heterocycles. The van der Waals surface area contributed by atoms with E-state index in [2.05, 4.69) is 79.1 Å². The number of carbonyl (C=O) groups is 1. The van der Waals surface area contributed by atoms with Crippen LogP contribution in [0.4, 0.5) is 11.4 Å². The van der Waals surface area contributed by atoms with Gasteiger partial charge < -0.3 is 14.5 Å². The number of hydrogen-bond donors (Lipinski definition) is 0. The molecule has 1 unspecified atom stereocenters. The molecule has 0 amide bonds. The molecule has 2 aromatic carbocycles. The van der Waals surface area contributed by atoms with Crippen molar-refractivity contribution in [2.75, 3.05) is 30.4 Å². The Morgan fingerprint density at radius 1 is 1.11 bits per heavy atom.